The Kier molecular flexibility index (Phi) is 5.57. The van der Waals surface area contributed by atoms with E-state index in [-0.39, 0.29) is 17.9 Å². The summed E-state index contributed by atoms with van der Waals surface area (Å²) in [6.07, 6.45) is 1.13. The molecule has 2 amide bonds. The number of carbonyl (C=O) groups excluding carboxylic acids is 2. The van der Waals surface area contributed by atoms with Crippen LogP contribution in [0.15, 0.2) is 42.5 Å². The Labute approximate surface area is 198 Å². The third-order valence-corrected chi connectivity index (χ3v) is 7.91. The van der Waals surface area contributed by atoms with Crippen LogP contribution in [0.25, 0.3) is 10.4 Å². The van der Waals surface area contributed by atoms with Gasteiger partial charge in [0.1, 0.15) is 5.69 Å². The van der Waals surface area contributed by atoms with Crippen molar-refractivity contribution in [2.45, 2.75) is 40.2 Å². The first-order valence-corrected chi connectivity index (χ1v) is 12.3. The van der Waals surface area contributed by atoms with Crippen molar-refractivity contribution >= 4 is 23.2 Å². The zero-order chi connectivity index (χ0) is 23.3. The quantitative estimate of drug-likeness (QED) is 0.588. The van der Waals surface area contributed by atoms with Crippen molar-refractivity contribution in [2.24, 2.45) is 11.8 Å². The highest BCUT2D eigenvalue weighted by Gasteiger charge is 2.54. The summed E-state index contributed by atoms with van der Waals surface area (Å²) in [7, 11) is 0. The topological polar surface area (TPSA) is 62.3 Å². The van der Waals surface area contributed by atoms with Gasteiger partial charge in [0.05, 0.1) is 15.9 Å². The average molecular weight is 460 g/mol. The summed E-state index contributed by atoms with van der Waals surface area (Å²) in [6, 6.07) is 14.2. The van der Waals surface area contributed by atoms with E-state index < -0.39 is 0 Å². The molecule has 0 unspecified atom stereocenters. The van der Waals surface area contributed by atoms with Gasteiger partial charge in [0.25, 0.3) is 11.8 Å². The molecule has 2 fully saturated rings. The molecule has 3 atom stereocenters. The van der Waals surface area contributed by atoms with Crippen LogP contribution in [0, 0.1) is 39.5 Å². The lowest BCUT2D eigenvalue weighted by atomic mass is 10.0. The van der Waals surface area contributed by atoms with Crippen LogP contribution in [0.5, 0.6) is 0 Å². The van der Waals surface area contributed by atoms with Crippen LogP contribution in [0.2, 0.25) is 0 Å². The van der Waals surface area contributed by atoms with Gasteiger partial charge in [-0.05, 0) is 63.1 Å². The molecule has 33 heavy (non-hydrogen) atoms. The minimum Gasteiger partial charge on any atom is -0.350 e. The molecular formula is C27H29N3O2S. The molecule has 1 aromatic heterocycles. The van der Waals surface area contributed by atoms with Crippen molar-refractivity contribution in [2.75, 3.05) is 13.1 Å². The van der Waals surface area contributed by atoms with Crippen molar-refractivity contribution in [1.29, 1.82) is 0 Å². The van der Waals surface area contributed by atoms with Crippen LogP contribution >= 0.6 is 11.3 Å². The zero-order valence-electron chi connectivity index (χ0n) is 19.5. The molecule has 170 valence electrons. The maximum absolute atomic E-state index is 13.7. The van der Waals surface area contributed by atoms with Gasteiger partial charge < -0.3 is 10.2 Å². The number of aromatic nitrogens is 1. The number of hydrogen-bond acceptors (Lipinski definition) is 4. The van der Waals surface area contributed by atoms with Gasteiger partial charge in [-0.1, -0.05) is 47.5 Å². The first kappa shape index (κ1) is 21.8. The number of aryl methyl sites for hydroxylation is 4. The fourth-order valence-electron chi connectivity index (χ4n) is 5.03. The number of thiazole rings is 1. The van der Waals surface area contributed by atoms with Crippen LogP contribution in [-0.4, -0.2) is 40.8 Å². The number of nitrogens with one attached hydrogen (secondary N) is 1. The van der Waals surface area contributed by atoms with Gasteiger partial charge >= 0.3 is 0 Å². The monoisotopic (exact) mass is 459 g/mol. The molecule has 2 aromatic carbocycles. The van der Waals surface area contributed by atoms with Crippen molar-refractivity contribution in [3.8, 4) is 10.4 Å². The number of nitrogens with zero attached hydrogens (tertiary/aromatic N) is 2. The summed E-state index contributed by atoms with van der Waals surface area (Å²) in [5.74, 6) is 0.917. The summed E-state index contributed by atoms with van der Waals surface area (Å²) in [5.41, 5.74) is 5.46. The fourth-order valence-corrected chi connectivity index (χ4v) is 5.94. The second-order valence-electron chi connectivity index (χ2n) is 9.49. The third-order valence-electron chi connectivity index (χ3n) is 6.89. The van der Waals surface area contributed by atoms with E-state index in [4.69, 9.17) is 0 Å². The predicted octanol–water partition coefficient (Wildman–Crippen LogP) is 4.93. The third kappa shape index (κ3) is 4.20. The maximum atomic E-state index is 13.7. The van der Waals surface area contributed by atoms with E-state index in [1.807, 2.05) is 56.0 Å². The second-order valence-corrected chi connectivity index (χ2v) is 10.7. The van der Waals surface area contributed by atoms with Crippen LogP contribution < -0.4 is 5.32 Å². The molecule has 0 spiro atoms. The molecule has 3 aromatic rings. The van der Waals surface area contributed by atoms with Crippen LogP contribution in [0.4, 0.5) is 0 Å². The second kappa shape index (κ2) is 8.41. The van der Waals surface area contributed by atoms with E-state index in [0.29, 0.717) is 29.6 Å². The lowest BCUT2D eigenvalue weighted by Gasteiger charge is -2.27. The zero-order valence-corrected chi connectivity index (χ0v) is 20.3. The lowest BCUT2D eigenvalue weighted by Crippen LogP contribution is -2.45. The molecular weight excluding hydrogens is 430 g/mol. The van der Waals surface area contributed by atoms with Gasteiger partial charge in [0.2, 0.25) is 0 Å². The number of likely N-dealkylation sites (tertiary alicyclic amines) is 1. The van der Waals surface area contributed by atoms with E-state index >= 15 is 0 Å². The molecule has 1 aliphatic heterocycles. The summed E-state index contributed by atoms with van der Waals surface area (Å²) in [5, 5.41) is 4.00. The van der Waals surface area contributed by atoms with Crippen LogP contribution in [0.3, 0.4) is 0 Å². The number of fused-ring (bicyclic) bond motifs is 1. The number of benzene rings is 2. The molecule has 2 heterocycles. The van der Waals surface area contributed by atoms with E-state index in [0.717, 1.165) is 45.1 Å². The molecule has 5 nitrogen and oxygen atoms in total. The van der Waals surface area contributed by atoms with E-state index in [2.05, 4.69) is 29.4 Å². The first-order chi connectivity index (χ1) is 15.8. The molecule has 5 rings (SSSR count). The summed E-state index contributed by atoms with van der Waals surface area (Å²) >= 11 is 1.57. The number of carbonyl (C=O) groups is 2. The minimum absolute atomic E-state index is 0.0175. The minimum atomic E-state index is -0.0716. The van der Waals surface area contributed by atoms with Crippen molar-refractivity contribution in [3.05, 3.63) is 75.4 Å². The summed E-state index contributed by atoms with van der Waals surface area (Å²) in [4.78, 5) is 34.1. The van der Waals surface area contributed by atoms with Gasteiger partial charge in [-0.3, -0.25) is 9.59 Å². The molecule has 0 bridgehead atoms. The smallest absolute Gasteiger partial charge is 0.274 e. The first-order valence-electron chi connectivity index (χ1n) is 11.5. The SMILES string of the molecule is Cc1cccc(-c2sc(C)nc2C(=O)N2C[C@H]3C[C@H]3[C@H]2CNC(=O)c2cc(C)ccc2C)c1. The van der Waals surface area contributed by atoms with Gasteiger partial charge in [0, 0.05) is 18.7 Å². The Balaban J connectivity index is 1.36. The number of piperidine rings is 1. The molecule has 1 saturated carbocycles. The largest absolute Gasteiger partial charge is 0.350 e. The molecule has 6 heteroatoms. The van der Waals surface area contributed by atoms with Gasteiger partial charge in [0.15, 0.2) is 0 Å². The Morgan fingerprint density at radius 2 is 1.88 bits per heavy atom. The van der Waals surface area contributed by atoms with Crippen LogP contribution in [0.1, 0.15) is 49.0 Å². The standard InChI is InChI=1S/C27H29N3O2S/c1-15-6-5-7-19(10-15)25-24(29-18(4)33-25)27(32)30-14-20-12-22(20)23(30)13-28-26(31)21-11-16(2)8-9-17(21)3/h5-11,20,22-23H,12-14H2,1-4H3,(H,28,31)/t20-,22-,23-/m1/s1. The Hall–Kier alpha value is -2.99. The van der Waals surface area contributed by atoms with E-state index in [1.54, 1.807) is 11.3 Å². The van der Waals surface area contributed by atoms with Crippen LogP contribution in [-0.2, 0) is 0 Å². The van der Waals surface area contributed by atoms with Gasteiger partial charge in [-0.2, -0.15) is 0 Å². The van der Waals surface area contributed by atoms with E-state index in [9.17, 15) is 9.59 Å². The maximum Gasteiger partial charge on any atom is 0.274 e. The van der Waals surface area contributed by atoms with Gasteiger partial charge in [-0.25, -0.2) is 4.98 Å². The van der Waals surface area contributed by atoms with Crippen molar-refractivity contribution in [3.63, 3.8) is 0 Å². The normalized spacial score (nSPS) is 21.1. The Morgan fingerprint density at radius 1 is 1.09 bits per heavy atom. The summed E-state index contributed by atoms with van der Waals surface area (Å²) in [6.45, 7) is 9.17. The average Bonchev–Trinajstić information content (AvgIpc) is 3.30. The Bertz CT molecular complexity index is 1250. The highest BCUT2D eigenvalue weighted by atomic mass is 32.1. The Morgan fingerprint density at radius 3 is 2.67 bits per heavy atom. The predicted molar refractivity (Wildman–Crippen MR) is 132 cm³/mol. The molecule has 1 aliphatic carbocycles. The lowest BCUT2D eigenvalue weighted by molar-refractivity contribution is 0.0690. The van der Waals surface area contributed by atoms with Crippen molar-refractivity contribution < 1.29 is 9.59 Å². The highest BCUT2D eigenvalue weighted by Crippen LogP contribution is 2.50. The molecule has 2 aliphatic rings. The van der Waals surface area contributed by atoms with Gasteiger partial charge in [-0.15, -0.1) is 11.3 Å². The number of hydrogen-bond donors (Lipinski definition) is 1. The molecule has 1 saturated heterocycles. The highest BCUT2D eigenvalue weighted by molar-refractivity contribution is 7.15. The number of rotatable bonds is 5. The van der Waals surface area contributed by atoms with Crippen molar-refractivity contribution in [1.82, 2.24) is 15.2 Å². The fraction of sp³-hybridized carbons (Fsp3) is 0.370. The van der Waals surface area contributed by atoms with E-state index in [1.165, 1.54) is 0 Å². The summed E-state index contributed by atoms with van der Waals surface area (Å²) < 4.78 is 0. The molecule has 1 N–H and O–H groups in total. The molecule has 0 radical (unpaired) electrons. The number of amides is 2.